The fourth-order valence-corrected chi connectivity index (χ4v) is 3.43. The molecule has 1 amide bonds. The number of halogens is 1. The predicted octanol–water partition coefficient (Wildman–Crippen LogP) is 5.40. The number of amides is 1. The Bertz CT molecular complexity index is 1210. The Labute approximate surface area is 174 Å². The molecule has 0 radical (unpaired) electrons. The first-order chi connectivity index (χ1) is 13.9. The van der Waals surface area contributed by atoms with Crippen LogP contribution in [0.3, 0.4) is 0 Å². The minimum atomic E-state index is -0.249. The summed E-state index contributed by atoms with van der Waals surface area (Å²) in [5.74, 6) is -0.249. The number of para-hydroxylation sites is 1. The molecule has 4 rings (SSSR count). The molecule has 0 saturated heterocycles. The van der Waals surface area contributed by atoms with Crippen LogP contribution in [0.1, 0.15) is 21.6 Å². The van der Waals surface area contributed by atoms with Crippen LogP contribution in [0.25, 0.3) is 17.1 Å². The van der Waals surface area contributed by atoms with Crippen LogP contribution in [-0.4, -0.2) is 20.3 Å². The number of benzene rings is 2. The molecule has 6 heteroatoms. The van der Waals surface area contributed by atoms with Crippen molar-refractivity contribution in [2.24, 2.45) is 7.05 Å². The summed E-state index contributed by atoms with van der Waals surface area (Å²) in [6, 6.07) is 18.9. The van der Waals surface area contributed by atoms with Gasteiger partial charge in [-0.3, -0.25) is 4.79 Å². The third-order valence-electron chi connectivity index (χ3n) is 4.99. The van der Waals surface area contributed by atoms with E-state index in [0.29, 0.717) is 22.1 Å². The quantitative estimate of drug-likeness (QED) is 0.495. The van der Waals surface area contributed by atoms with E-state index >= 15 is 0 Å². The Kier molecular flexibility index (Phi) is 4.99. The third-order valence-corrected chi connectivity index (χ3v) is 5.31. The Morgan fingerprint density at radius 1 is 1.00 bits per heavy atom. The molecule has 0 aliphatic rings. The highest BCUT2D eigenvalue weighted by Crippen LogP contribution is 2.26. The van der Waals surface area contributed by atoms with Crippen LogP contribution >= 0.6 is 11.6 Å². The zero-order valence-electron chi connectivity index (χ0n) is 16.5. The zero-order chi connectivity index (χ0) is 20.5. The minimum absolute atomic E-state index is 0.249. The molecule has 0 aliphatic carbocycles. The maximum absolute atomic E-state index is 13.2. The van der Waals surface area contributed by atoms with Gasteiger partial charge < -0.3 is 9.88 Å². The SMILES string of the molecule is Cc1ccc(NC(=O)c2cc(-c3cccn3C)nn2-c2ccccc2Cl)cc1C. The number of nitrogens with one attached hydrogen (secondary N) is 1. The number of carbonyl (C=O) groups is 1. The molecule has 1 N–H and O–H groups in total. The minimum Gasteiger partial charge on any atom is -0.349 e. The summed E-state index contributed by atoms with van der Waals surface area (Å²) in [5.41, 5.74) is 5.71. The van der Waals surface area contributed by atoms with Crippen LogP contribution < -0.4 is 5.32 Å². The Morgan fingerprint density at radius 2 is 1.79 bits per heavy atom. The number of carbonyl (C=O) groups excluding carboxylic acids is 1. The van der Waals surface area contributed by atoms with Crippen molar-refractivity contribution in [2.75, 3.05) is 5.32 Å². The zero-order valence-corrected chi connectivity index (χ0v) is 17.2. The summed E-state index contributed by atoms with van der Waals surface area (Å²) in [6.07, 6.45) is 1.94. The van der Waals surface area contributed by atoms with Crippen LogP contribution in [-0.2, 0) is 7.05 Å². The van der Waals surface area contributed by atoms with E-state index in [9.17, 15) is 4.79 Å². The second-order valence-electron chi connectivity index (χ2n) is 7.04. The second-order valence-corrected chi connectivity index (χ2v) is 7.44. The predicted molar refractivity (Wildman–Crippen MR) is 117 cm³/mol. The Balaban J connectivity index is 1.79. The van der Waals surface area contributed by atoms with E-state index < -0.39 is 0 Å². The fourth-order valence-electron chi connectivity index (χ4n) is 3.22. The average Bonchev–Trinajstić information content (AvgIpc) is 3.31. The summed E-state index contributed by atoms with van der Waals surface area (Å²) in [7, 11) is 1.94. The van der Waals surface area contributed by atoms with Crippen molar-refractivity contribution in [3.63, 3.8) is 0 Å². The van der Waals surface area contributed by atoms with Crippen molar-refractivity contribution < 1.29 is 4.79 Å². The van der Waals surface area contributed by atoms with Crippen molar-refractivity contribution >= 4 is 23.2 Å². The van der Waals surface area contributed by atoms with Crippen LogP contribution in [0, 0.1) is 13.8 Å². The van der Waals surface area contributed by atoms with Crippen LogP contribution in [0.4, 0.5) is 5.69 Å². The number of rotatable bonds is 4. The molecule has 4 aromatic rings. The van der Waals surface area contributed by atoms with Gasteiger partial charge in [0.15, 0.2) is 0 Å². The molecule has 146 valence electrons. The summed E-state index contributed by atoms with van der Waals surface area (Å²) in [6.45, 7) is 4.06. The van der Waals surface area contributed by atoms with Gasteiger partial charge in [0.05, 0.1) is 16.4 Å². The smallest absolute Gasteiger partial charge is 0.274 e. The normalized spacial score (nSPS) is 10.9. The number of anilines is 1. The molecule has 0 fully saturated rings. The molecule has 2 aromatic heterocycles. The lowest BCUT2D eigenvalue weighted by atomic mass is 10.1. The van der Waals surface area contributed by atoms with Crippen molar-refractivity contribution in [1.82, 2.24) is 14.3 Å². The van der Waals surface area contributed by atoms with E-state index in [1.165, 1.54) is 5.56 Å². The second kappa shape index (κ2) is 7.60. The molecule has 0 atom stereocenters. The molecule has 0 aliphatic heterocycles. The third kappa shape index (κ3) is 3.69. The molecular weight excluding hydrogens is 384 g/mol. The van der Waals surface area contributed by atoms with Gasteiger partial charge in [-0.1, -0.05) is 29.8 Å². The highest BCUT2D eigenvalue weighted by molar-refractivity contribution is 6.32. The molecule has 29 heavy (non-hydrogen) atoms. The highest BCUT2D eigenvalue weighted by atomic mass is 35.5. The van der Waals surface area contributed by atoms with E-state index in [-0.39, 0.29) is 5.91 Å². The summed E-state index contributed by atoms with van der Waals surface area (Å²) in [4.78, 5) is 13.2. The van der Waals surface area contributed by atoms with Gasteiger partial charge in [-0.15, -0.1) is 0 Å². The standard InChI is InChI=1S/C23H21ClN4O/c1-15-10-11-17(13-16(15)2)25-23(29)22-14-19(21-9-6-12-27(21)3)26-28(22)20-8-5-4-7-18(20)24/h4-14H,1-3H3,(H,25,29). The van der Waals surface area contributed by atoms with E-state index in [1.54, 1.807) is 16.8 Å². The molecule has 5 nitrogen and oxygen atoms in total. The average molecular weight is 405 g/mol. The fraction of sp³-hybridized carbons (Fsp3) is 0.130. The summed E-state index contributed by atoms with van der Waals surface area (Å²) < 4.78 is 3.56. The first-order valence-electron chi connectivity index (χ1n) is 9.29. The van der Waals surface area contributed by atoms with Crippen molar-refractivity contribution in [3.05, 3.63) is 88.7 Å². The van der Waals surface area contributed by atoms with Crippen molar-refractivity contribution in [1.29, 1.82) is 0 Å². The summed E-state index contributed by atoms with van der Waals surface area (Å²) >= 11 is 6.40. The molecule has 2 aromatic carbocycles. The lowest BCUT2D eigenvalue weighted by molar-refractivity contribution is 0.101. The molecule has 2 heterocycles. The van der Waals surface area contributed by atoms with Crippen molar-refractivity contribution in [3.8, 4) is 17.1 Å². The molecule has 0 spiro atoms. The van der Waals surface area contributed by atoms with Gasteiger partial charge in [0.1, 0.15) is 11.4 Å². The number of aromatic nitrogens is 3. The van der Waals surface area contributed by atoms with Crippen molar-refractivity contribution in [2.45, 2.75) is 13.8 Å². The number of nitrogens with zero attached hydrogens (tertiary/aromatic N) is 3. The van der Waals surface area contributed by atoms with E-state index in [2.05, 4.69) is 10.4 Å². The van der Waals surface area contributed by atoms with Gasteiger partial charge >= 0.3 is 0 Å². The van der Waals surface area contributed by atoms with Gasteiger partial charge in [-0.05, 0) is 67.4 Å². The largest absolute Gasteiger partial charge is 0.349 e. The maximum atomic E-state index is 13.2. The Morgan fingerprint density at radius 3 is 2.48 bits per heavy atom. The topological polar surface area (TPSA) is 51.9 Å². The van der Waals surface area contributed by atoms with Gasteiger partial charge in [-0.2, -0.15) is 5.10 Å². The molecule has 0 saturated carbocycles. The number of hydrogen-bond donors (Lipinski definition) is 1. The number of aryl methyl sites for hydroxylation is 3. The first-order valence-corrected chi connectivity index (χ1v) is 9.67. The van der Waals surface area contributed by atoms with E-state index in [4.69, 9.17) is 11.6 Å². The van der Waals surface area contributed by atoms with Crippen LogP contribution in [0.2, 0.25) is 5.02 Å². The maximum Gasteiger partial charge on any atom is 0.274 e. The monoisotopic (exact) mass is 404 g/mol. The first kappa shape index (κ1) is 19.0. The lowest BCUT2D eigenvalue weighted by Crippen LogP contribution is -2.17. The number of hydrogen-bond acceptors (Lipinski definition) is 2. The van der Waals surface area contributed by atoms with Gasteiger partial charge in [0.2, 0.25) is 0 Å². The van der Waals surface area contributed by atoms with E-state index in [0.717, 1.165) is 16.9 Å². The summed E-state index contributed by atoms with van der Waals surface area (Å²) in [5, 5.41) is 8.19. The molecule has 0 bridgehead atoms. The van der Waals surface area contributed by atoms with Gasteiger partial charge in [0, 0.05) is 18.9 Å². The van der Waals surface area contributed by atoms with Crippen LogP contribution in [0.5, 0.6) is 0 Å². The van der Waals surface area contributed by atoms with Gasteiger partial charge in [0.25, 0.3) is 5.91 Å². The van der Waals surface area contributed by atoms with Crippen LogP contribution in [0.15, 0.2) is 66.9 Å². The van der Waals surface area contributed by atoms with Gasteiger partial charge in [-0.25, -0.2) is 4.68 Å². The highest BCUT2D eigenvalue weighted by Gasteiger charge is 2.20. The molecular formula is C23H21ClN4O. The molecule has 0 unspecified atom stereocenters. The lowest BCUT2D eigenvalue weighted by Gasteiger charge is -2.10. The Hall–Kier alpha value is -3.31. The van der Waals surface area contributed by atoms with E-state index in [1.807, 2.05) is 80.2 Å².